The number of ketones is 1. The summed E-state index contributed by atoms with van der Waals surface area (Å²) in [5, 5.41) is 0. The molecule has 0 radical (unpaired) electrons. The van der Waals surface area contributed by atoms with Gasteiger partial charge in [0.05, 0.1) is 5.76 Å². The summed E-state index contributed by atoms with van der Waals surface area (Å²) in [6.45, 7) is -1.45. The van der Waals surface area contributed by atoms with Gasteiger partial charge in [-0.25, -0.2) is 0 Å². The van der Waals surface area contributed by atoms with Crippen LogP contribution in [0.25, 0.3) is 0 Å². The summed E-state index contributed by atoms with van der Waals surface area (Å²) in [5.41, 5.74) is -0.565. The minimum atomic E-state index is -4.78. The van der Waals surface area contributed by atoms with E-state index in [1.807, 2.05) is 0 Å². The number of rotatable bonds is 5. The van der Waals surface area contributed by atoms with E-state index in [9.17, 15) is 18.0 Å². The highest BCUT2D eigenvalue weighted by atomic mass is 19.4. The highest BCUT2D eigenvalue weighted by molar-refractivity contribution is 6.91. The maximum absolute atomic E-state index is 14.1. The van der Waals surface area contributed by atoms with Gasteiger partial charge in [-0.1, -0.05) is 71.6 Å². The van der Waals surface area contributed by atoms with Gasteiger partial charge in [-0.3, -0.25) is 4.79 Å². The van der Waals surface area contributed by atoms with E-state index in [1.54, 1.807) is 85.9 Å². The van der Waals surface area contributed by atoms with E-state index in [4.69, 9.17) is 4.65 Å². The van der Waals surface area contributed by atoms with Gasteiger partial charge in [-0.2, -0.15) is 13.2 Å². The maximum atomic E-state index is 14.1. The maximum Gasteiger partial charge on any atom is 0.507 e. The van der Waals surface area contributed by atoms with Crippen LogP contribution in [0.15, 0.2) is 84.3 Å². The predicted octanol–water partition coefficient (Wildman–Crippen LogP) is 1.28. The normalized spacial score (nSPS) is 16.3. The topological polar surface area (TPSA) is 43.5 Å². The smallest absolute Gasteiger partial charge is 0.507 e. The molecule has 0 fully saturated rings. The highest BCUT2D eigenvalue weighted by Gasteiger charge is 2.53. The number of nitrogens with zero attached hydrogens (tertiary/aromatic N) is 1. The monoisotopic (exact) mass is 414 g/mol. The molecule has 8 heteroatoms. The summed E-state index contributed by atoms with van der Waals surface area (Å²) >= 11 is 0. The molecule has 30 heavy (non-hydrogen) atoms. The van der Waals surface area contributed by atoms with Crippen LogP contribution in [0.1, 0.15) is 6.92 Å². The van der Waals surface area contributed by atoms with Crippen molar-refractivity contribution in [1.29, 1.82) is 0 Å². The Labute approximate surface area is 173 Å². The van der Waals surface area contributed by atoms with Gasteiger partial charge < -0.3 is 14.5 Å². The number of halogens is 3. The van der Waals surface area contributed by atoms with Gasteiger partial charge in [-0.15, -0.1) is 0 Å². The van der Waals surface area contributed by atoms with Crippen molar-refractivity contribution in [2.75, 3.05) is 14.1 Å². The van der Waals surface area contributed by atoms with Gasteiger partial charge >= 0.3 is 12.7 Å². The van der Waals surface area contributed by atoms with Crippen LogP contribution in [0.2, 0.25) is 0 Å². The number of benzene rings is 2. The summed E-state index contributed by atoms with van der Waals surface area (Å²) in [6.07, 6.45) is -1.83. The van der Waals surface area contributed by atoms with Gasteiger partial charge in [-0.05, 0) is 13.0 Å². The van der Waals surface area contributed by atoms with Crippen LogP contribution >= 0.6 is 0 Å². The van der Waals surface area contributed by atoms with Crippen molar-refractivity contribution in [1.82, 2.24) is 4.90 Å². The second-order valence-electron chi connectivity index (χ2n) is 7.32. The molecule has 0 bridgehead atoms. The SMILES string of the molecule is CC(=O)C1=C(C=CN(C)C)O[B-](c2ccccc2)(c2ccccc2)[NH+]=C1C(F)(F)F. The molecule has 0 amide bonds. The molecule has 2 aromatic rings. The summed E-state index contributed by atoms with van der Waals surface area (Å²) < 4.78 is 48.7. The van der Waals surface area contributed by atoms with E-state index in [0.717, 1.165) is 6.92 Å². The Morgan fingerprint density at radius 3 is 1.90 bits per heavy atom. The molecule has 0 atom stereocenters. The first-order valence-corrected chi connectivity index (χ1v) is 9.42. The highest BCUT2D eigenvalue weighted by Crippen LogP contribution is 2.26. The van der Waals surface area contributed by atoms with Gasteiger partial charge in [0.2, 0.25) is 5.71 Å². The quantitative estimate of drug-likeness (QED) is 0.750. The molecule has 156 valence electrons. The first kappa shape index (κ1) is 21.4. The number of alkyl halides is 3. The van der Waals surface area contributed by atoms with Crippen LogP contribution < -0.4 is 15.8 Å². The molecule has 4 nitrogen and oxygen atoms in total. The fraction of sp³-hybridized carbons (Fsp3) is 0.182. The van der Waals surface area contributed by atoms with Crippen LogP contribution in [0.5, 0.6) is 0 Å². The zero-order chi connectivity index (χ0) is 21.9. The number of allylic oxidation sites excluding steroid dienone is 2. The minimum Gasteiger partial charge on any atom is -0.651 e. The van der Waals surface area contributed by atoms with Crippen molar-refractivity contribution in [2.24, 2.45) is 0 Å². The molecule has 0 saturated heterocycles. The Kier molecular flexibility index (Phi) is 5.87. The lowest BCUT2D eigenvalue weighted by Gasteiger charge is -2.38. The van der Waals surface area contributed by atoms with Gasteiger partial charge in [0, 0.05) is 20.3 Å². The average Bonchev–Trinajstić information content (AvgIpc) is 2.72. The standard InChI is InChI=1S/C22H22BF3N2O2/c1-16(29)20-19(14-15-28(2)3)30-23(17-10-6-4-7-11-17,18-12-8-5-9-13-18)27-21(20)22(24,25)26/h4-15,27H,1-3H3. The minimum absolute atomic E-state index is 0.130. The van der Waals surface area contributed by atoms with E-state index in [-0.39, 0.29) is 5.76 Å². The van der Waals surface area contributed by atoms with Crippen molar-refractivity contribution in [3.8, 4) is 0 Å². The van der Waals surface area contributed by atoms with Gasteiger partial charge in [0.25, 0.3) is 0 Å². The molecule has 1 aliphatic rings. The van der Waals surface area contributed by atoms with Crippen molar-refractivity contribution < 1.29 is 27.5 Å². The molecule has 1 heterocycles. The van der Waals surface area contributed by atoms with Crippen molar-refractivity contribution >= 4 is 28.9 Å². The van der Waals surface area contributed by atoms with E-state index in [2.05, 4.69) is 4.90 Å². The van der Waals surface area contributed by atoms with Gasteiger partial charge in [0.15, 0.2) is 5.78 Å². The fourth-order valence-corrected chi connectivity index (χ4v) is 3.53. The molecule has 2 aromatic carbocycles. The Balaban J connectivity index is 2.37. The molecule has 0 unspecified atom stereocenters. The predicted molar refractivity (Wildman–Crippen MR) is 112 cm³/mol. The molecule has 1 aliphatic heterocycles. The Bertz CT molecular complexity index is 974. The van der Waals surface area contributed by atoms with E-state index in [0.29, 0.717) is 10.9 Å². The second kappa shape index (κ2) is 8.22. The first-order chi connectivity index (χ1) is 14.1. The molecule has 0 saturated carbocycles. The van der Waals surface area contributed by atoms with Gasteiger partial charge in [0.1, 0.15) is 5.57 Å². The second-order valence-corrected chi connectivity index (χ2v) is 7.32. The number of carbonyl (C=O) groups is 1. The summed E-state index contributed by atoms with van der Waals surface area (Å²) in [4.78, 5) is 16.5. The lowest BCUT2D eigenvalue weighted by molar-refractivity contribution is -0.339. The Morgan fingerprint density at radius 1 is 1.00 bits per heavy atom. The van der Waals surface area contributed by atoms with Crippen LogP contribution in [-0.4, -0.2) is 43.2 Å². The number of hydrogen-bond acceptors (Lipinski definition) is 3. The number of Topliss-reactive ketones (excluding diaryl/α,β-unsaturated/α-hetero) is 1. The van der Waals surface area contributed by atoms with Crippen LogP contribution in [-0.2, 0) is 9.45 Å². The van der Waals surface area contributed by atoms with E-state index < -0.39 is 29.7 Å². The summed E-state index contributed by atoms with van der Waals surface area (Å²) in [7, 11) is 3.46. The number of carbonyl (C=O) groups excluding carboxylic acids is 1. The molecular weight excluding hydrogens is 392 g/mol. The zero-order valence-electron chi connectivity index (χ0n) is 16.9. The molecule has 0 spiro atoms. The molecule has 1 N–H and O–H groups in total. The van der Waals surface area contributed by atoms with Crippen LogP contribution in [0.3, 0.4) is 0 Å². The third kappa shape index (κ3) is 4.17. The molecule has 0 aromatic heterocycles. The van der Waals surface area contributed by atoms with Crippen LogP contribution in [0, 0.1) is 0 Å². The first-order valence-electron chi connectivity index (χ1n) is 9.42. The Hall–Kier alpha value is -3.29. The third-order valence-electron chi connectivity index (χ3n) is 4.85. The molecule has 3 rings (SSSR count). The lowest BCUT2D eigenvalue weighted by Crippen LogP contribution is -3.03. The van der Waals surface area contributed by atoms with Crippen molar-refractivity contribution in [3.05, 3.63) is 84.3 Å². The summed E-state index contributed by atoms with van der Waals surface area (Å²) in [5.74, 6) is -0.867. The summed E-state index contributed by atoms with van der Waals surface area (Å²) in [6, 6.07) is 17.3. The number of hydrogen-bond donors (Lipinski definition) is 1. The van der Waals surface area contributed by atoms with E-state index >= 15 is 0 Å². The molecular formula is C22H22BF3N2O2. The zero-order valence-corrected chi connectivity index (χ0v) is 16.9. The Morgan fingerprint density at radius 2 is 1.50 bits per heavy atom. The third-order valence-corrected chi connectivity index (χ3v) is 4.85. The largest absolute Gasteiger partial charge is 0.651 e. The van der Waals surface area contributed by atoms with E-state index in [1.165, 1.54) is 6.08 Å². The van der Waals surface area contributed by atoms with Crippen molar-refractivity contribution in [3.63, 3.8) is 0 Å². The molecule has 0 aliphatic carbocycles. The number of nitrogens with one attached hydrogen (secondary N) is 1. The van der Waals surface area contributed by atoms with Crippen LogP contribution in [0.4, 0.5) is 13.2 Å². The van der Waals surface area contributed by atoms with Crippen molar-refractivity contribution in [2.45, 2.75) is 13.1 Å². The lowest BCUT2D eigenvalue weighted by atomic mass is 9.41. The fourth-order valence-electron chi connectivity index (χ4n) is 3.53. The average molecular weight is 414 g/mol.